The van der Waals surface area contributed by atoms with Crippen LogP contribution in [0.4, 0.5) is 8.78 Å². The first-order valence-electron chi connectivity index (χ1n) is 13.3. The quantitative estimate of drug-likeness (QED) is 0.151. The fourth-order valence-corrected chi connectivity index (χ4v) is 4.29. The summed E-state index contributed by atoms with van der Waals surface area (Å²) >= 11 is 0. The van der Waals surface area contributed by atoms with Gasteiger partial charge in [-0.15, -0.1) is 0 Å². The second-order valence-electron chi connectivity index (χ2n) is 9.54. The number of nitrogens with zero attached hydrogens (tertiary/aromatic N) is 4. The molecular weight excluding hydrogens is 614 g/mol. The van der Waals surface area contributed by atoms with E-state index in [0.717, 1.165) is 30.7 Å². The smallest absolute Gasteiger partial charge is 0.343 e. The van der Waals surface area contributed by atoms with Crippen molar-refractivity contribution in [2.24, 2.45) is 0 Å². The number of hydrogen-bond donors (Lipinski definition) is 1. The van der Waals surface area contributed by atoms with Crippen LogP contribution >= 0.6 is 0 Å². The van der Waals surface area contributed by atoms with E-state index in [1.165, 1.54) is 55.0 Å². The molecule has 0 bridgehead atoms. The van der Waals surface area contributed by atoms with Gasteiger partial charge in [0.05, 0.1) is 11.1 Å². The standard InChI is InChI=1S/C30H22F2N4O10/c31-24-19(7-3-11-35-24)28(39)43-16-30(41)23(45-27(38)18-6-2-10-34-14-18)22(44-29(40)20-8-4-12-36-25(20)32)21(46-30)15-42-26(37)17-5-1-9-33-13-17/h1-14,21-23,41H,15-16H2/t21-,22-,23+,30-/m1/s1. The van der Waals surface area contributed by atoms with Crippen molar-refractivity contribution in [2.45, 2.75) is 24.1 Å². The molecule has 0 aromatic carbocycles. The molecule has 0 amide bonds. The molecule has 1 saturated heterocycles. The third-order valence-corrected chi connectivity index (χ3v) is 6.48. The molecule has 0 aliphatic carbocycles. The highest BCUT2D eigenvalue weighted by atomic mass is 19.1. The molecule has 4 aromatic heterocycles. The van der Waals surface area contributed by atoms with Crippen LogP contribution in [0.25, 0.3) is 0 Å². The average Bonchev–Trinajstić information content (AvgIpc) is 3.33. The molecule has 4 aromatic rings. The van der Waals surface area contributed by atoms with Crippen LogP contribution in [0.1, 0.15) is 41.4 Å². The largest absolute Gasteiger partial charge is 0.459 e. The van der Waals surface area contributed by atoms with E-state index in [4.69, 9.17) is 23.7 Å². The average molecular weight is 637 g/mol. The molecule has 0 spiro atoms. The monoisotopic (exact) mass is 636 g/mol. The van der Waals surface area contributed by atoms with Crippen molar-refractivity contribution in [3.05, 3.63) is 120 Å². The van der Waals surface area contributed by atoms with E-state index in [1.807, 2.05) is 0 Å². The van der Waals surface area contributed by atoms with Gasteiger partial charge in [-0.05, 0) is 48.5 Å². The van der Waals surface area contributed by atoms with Gasteiger partial charge in [-0.3, -0.25) is 9.97 Å². The lowest BCUT2D eigenvalue weighted by atomic mass is 10.0. The van der Waals surface area contributed by atoms with Gasteiger partial charge in [0.2, 0.25) is 17.7 Å². The first kappa shape index (κ1) is 31.7. The number of carbonyl (C=O) groups excluding carboxylic acids is 4. The van der Waals surface area contributed by atoms with E-state index in [2.05, 4.69) is 19.9 Å². The van der Waals surface area contributed by atoms with Crippen molar-refractivity contribution >= 4 is 23.9 Å². The predicted octanol–water partition coefficient (Wildman–Crippen LogP) is 2.10. The third kappa shape index (κ3) is 7.14. The lowest BCUT2D eigenvalue weighted by Crippen LogP contribution is -2.51. The van der Waals surface area contributed by atoms with Crippen molar-refractivity contribution in [2.75, 3.05) is 13.2 Å². The van der Waals surface area contributed by atoms with E-state index in [0.29, 0.717) is 0 Å². The number of aromatic nitrogens is 4. The number of rotatable bonds is 10. The Labute approximate surface area is 257 Å². The SMILES string of the molecule is O=C(OC[C@H]1O[C@](O)(COC(=O)c2cccnc2F)[C@@H](OC(=O)c2cccnc2)[C@@H]1OC(=O)c1cccnc1F)c1cccnc1. The summed E-state index contributed by atoms with van der Waals surface area (Å²) in [6, 6.07) is 10.3. The van der Waals surface area contributed by atoms with Gasteiger partial charge in [-0.2, -0.15) is 8.78 Å². The van der Waals surface area contributed by atoms with Gasteiger partial charge >= 0.3 is 23.9 Å². The Morgan fingerprint density at radius 1 is 0.739 bits per heavy atom. The van der Waals surface area contributed by atoms with Crippen LogP contribution in [-0.4, -0.2) is 86.2 Å². The van der Waals surface area contributed by atoms with Crippen LogP contribution in [0.5, 0.6) is 0 Å². The Morgan fingerprint density at radius 3 is 1.87 bits per heavy atom. The minimum atomic E-state index is -2.80. The first-order valence-corrected chi connectivity index (χ1v) is 13.3. The summed E-state index contributed by atoms with van der Waals surface area (Å²) in [4.78, 5) is 65.9. The zero-order chi connectivity index (χ0) is 32.7. The molecule has 1 N–H and O–H groups in total. The topological polar surface area (TPSA) is 186 Å². The van der Waals surface area contributed by atoms with E-state index < -0.39 is 84.2 Å². The molecule has 0 saturated carbocycles. The van der Waals surface area contributed by atoms with Crippen LogP contribution in [0.15, 0.2) is 85.7 Å². The summed E-state index contributed by atoms with van der Waals surface area (Å²) < 4.78 is 55.5. The lowest BCUT2D eigenvalue weighted by molar-refractivity contribution is -0.247. The van der Waals surface area contributed by atoms with Gasteiger partial charge in [-0.25, -0.2) is 29.1 Å². The molecule has 16 heteroatoms. The van der Waals surface area contributed by atoms with Gasteiger partial charge in [-0.1, -0.05) is 0 Å². The highest BCUT2D eigenvalue weighted by Gasteiger charge is 2.60. The van der Waals surface area contributed by atoms with Crippen LogP contribution in [-0.2, 0) is 23.7 Å². The number of halogens is 2. The summed E-state index contributed by atoms with van der Waals surface area (Å²) in [5.74, 6) is -9.74. The van der Waals surface area contributed by atoms with Gasteiger partial charge in [0.15, 0.2) is 12.2 Å². The molecule has 0 unspecified atom stereocenters. The van der Waals surface area contributed by atoms with E-state index >= 15 is 0 Å². The van der Waals surface area contributed by atoms with Crippen LogP contribution in [0, 0.1) is 11.9 Å². The van der Waals surface area contributed by atoms with E-state index in [-0.39, 0.29) is 11.1 Å². The summed E-state index contributed by atoms with van der Waals surface area (Å²) in [5, 5.41) is 11.6. The maximum Gasteiger partial charge on any atom is 0.343 e. The number of ether oxygens (including phenoxy) is 5. The Bertz CT molecular complexity index is 1730. The van der Waals surface area contributed by atoms with E-state index in [1.54, 1.807) is 0 Å². The molecule has 5 heterocycles. The van der Waals surface area contributed by atoms with Gasteiger partial charge in [0.25, 0.3) is 0 Å². The molecule has 4 atom stereocenters. The minimum absolute atomic E-state index is 0.0358. The second-order valence-corrected chi connectivity index (χ2v) is 9.54. The molecule has 46 heavy (non-hydrogen) atoms. The second kappa shape index (κ2) is 13.9. The molecule has 1 aliphatic rings. The summed E-state index contributed by atoms with van der Waals surface area (Å²) in [6.07, 6.45) is 1.91. The van der Waals surface area contributed by atoms with E-state index in [9.17, 15) is 33.1 Å². The molecule has 0 radical (unpaired) electrons. The highest BCUT2D eigenvalue weighted by molar-refractivity contribution is 5.91. The van der Waals surface area contributed by atoms with Gasteiger partial charge < -0.3 is 28.8 Å². The zero-order valence-corrected chi connectivity index (χ0v) is 23.4. The molecule has 1 aliphatic heterocycles. The predicted molar refractivity (Wildman–Crippen MR) is 146 cm³/mol. The van der Waals surface area contributed by atoms with Gasteiger partial charge in [0, 0.05) is 37.2 Å². The van der Waals surface area contributed by atoms with Crippen molar-refractivity contribution in [3.8, 4) is 0 Å². The highest BCUT2D eigenvalue weighted by Crippen LogP contribution is 2.36. The van der Waals surface area contributed by atoms with Crippen molar-refractivity contribution in [3.63, 3.8) is 0 Å². The Morgan fingerprint density at radius 2 is 1.30 bits per heavy atom. The fraction of sp³-hybridized carbons (Fsp3) is 0.200. The van der Waals surface area contributed by atoms with Crippen molar-refractivity contribution in [1.29, 1.82) is 0 Å². The minimum Gasteiger partial charge on any atom is -0.459 e. The van der Waals surface area contributed by atoms with Crippen LogP contribution in [0.2, 0.25) is 0 Å². The van der Waals surface area contributed by atoms with Gasteiger partial charge in [0.1, 0.15) is 30.4 Å². The lowest BCUT2D eigenvalue weighted by Gasteiger charge is -2.29. The molecule has 1 fully saturated rings. The number of aliphatic hydroxyl groups is 1. The number of hydrogen-bond acceptors (Lipinski definition) is 14. The van der Waals surface area contributed by atoms with Crippen molar-refractivity contribution < 1.29 is 56.7 Å². The first-order chi connectivity index (χ1) is 22.2. The Kier molecular flexibility index (Phi) is 9.58. The molecule has 236 valence electrons. The van der Waals surface area contributed by atoms with Crippen molar-refractivity contribution in [1.82, 2.24) is 19.9 Å². The summed E-state index contributed by atoms with van der Waals surface area (Å²) in [7, 11) is 0. The Balaban J connectivity index is 1.47. The normalized spacial score (nSPS) is 20.4. The fourth-order valence-electron chi connectivity index (χ4n) is 4.29. The van der Waals surface area contributed by atoms with Crippen LogP contribution < -0.4 is 0 Å². The zero-order valence-electron chi connectivity index (χ0n) is 23.4. The Hall–Kier alpha value is -5.74. The third-order valence-electron chi connectivity index (χ3n) is 6.48. The maximum atomic E-state index is 14.4. The summed E-state index contributed by atoms with van der Waals surface area (Å²) in [6.45, 7) is -1.84. The number of pyridine rings is 4. The maximum absolute atomic E-state index is 14.4. The molecule has 5 rings (SSSR count). The summed E-state index contributed by atoms with van der Waals surface area (Å²) in [5.41, 5.74) is -1.28. The molecular formula is C30H22F2N4O10. The number of carbonyl (C=O) groups is 4. The molecule has 14 nitrogen and oxygen atoms in total. The van der Waals surface area contributed by atoms with Crippen LogP contribution in [0.3, 0.4) is 0 Å². The number of esters is 4.